The molecule has 1 atom stereocenters. The van der Waals surface area contributed by atoms with Crippen molar-refractivity contribution in [3.63, 3.8) is 0 Å². The van der Waals surface area contributed by atoms with Gasteiger partial charge in [0.05, 0.1) is 4.34 Å². The van der Waals surface area contributed by atoms with E-state index in [9.17, 15) is 0 Å². The highest BCUT2D eigenvalue weighted by Crippen LogP contribution is 2.37. The standard InChI is InChI=1S/C16H16Cl3NS/c17-11-5-4-10(13(18)8-11)6-7-20-14-2-1-3-15-12(14)9-16(19)21-15/h4-5,8-9,14,20H,1-3,6-7H2. The lowest BCUT2D eigenvalue weighted by atomic mass is 9.94. The monoisotopic (exact) mass is 359 g/mol. The molecule has 1 nitrogen and oxygen atoms in total. The average Bonchev–Trinajstić information content (AvgIpc) is 2.82. The lowest BCUT2D eigenvalue weighted by molar-refractivity contribution is 0.467. The summed E-state index contributed by atoms with van der Waals surface area (Å²) in [7, 11) is 0. The van der Waals surface area contributed by atoms with Gasteiger partial charge in [-0.1, -0.05) is 40.9 Å². The van der Waals surface area contributed by atoms with Gasteiger partial charge in [-0.15, -0.1) is 11.3 Å². The Bertz CT molecular complexity index is 638. The van der Waals surface area contributed by atoms with E-state index in [1.54, 1.807) is 17.4 Å². The summed E-state index contributed by atoms with van der Waals surface area (Å²) >= 11 is 20.0. The van der Waals surface area contributed by atoms with Gasteiger partial charge in [0, 0.05) is 21.0 Å². The minimum atomic E-state index is 0.420. The van der Waals surface area contributed by atoms with E-state index in [-0.39, 0.29) is 0 Å². The van der Waals surface area contributed by atoms with Gasteiger partial charge in [0.2, 0.25) is 0 Å². The molecule has 5 heteroatoms. The van der Waals surface area contributed by atoms with Crippen LogP contribution in [0.25, 0.3) is 0 Å². The normalized spacial score (nSPS) is 17.8. The molecular weight excluding hydrogens is 345 g/mol. The molecule has 3 rings (SSSR count). The first kappa shape index (κ1) is 15.6. The molecule has 1 aliphatic carbocycles. The summed E-state index contributed by atoms with van der Waals surface area (Å²) in [5.74, 6) is 0. The zero-order valence-corrected chi connectivity index (χ0v) is 14.5. The first-order valence-corrected chi connectivity index (χ1v) is 9.04. The first-order chi connectivity index (χ1) is 10.1. The summed E-state index contributed by atoms with van der Waals surface area (Å²) < 4.78 is 0.898. The van der Waals surface area contributed by atoms with Crippen LogP contribution in [0.1, 0.15) is 34.9 Å². The van der Waals surface area contributed by atoms with Crippen LogP contribution in [-0.4, -0.2) is 6.54 Å². The van der Waals surface area contributed by atoms with Crippen molar-refractivity contribution in [2.24, 2.45) is 0 Å². The predicted octanol–water partition coefficient (Wildman–Crippen LogP) is 5.92. The van der Waals surface area contributed by atoms with Crippen LogP contribution in [0.5, 0.6) is 0 Å². The first-order valence-electron chi connectivity index (χ1n) is 7.09. The molecule has 1 N–H and O–H groups in total. The summed E-state index contributed by atoms with van der Waals surface area (Å²) in [6.07, 6.45) is 4.46. The van der Waals surface area contributed by atoms with Gasteiger partial charge in [-0.25, -0.2) is 0 Å². The molecule has 1 unspecified atom stereocenters. The zero-order chi connectivity index (χ0) is 14.8. The molecule has 1 aliphatic rings. The van der Waals surface area contributed by atoms with E-state index < -0.39 is 0 Å². The molecule has 0 saturated heterocycles. The number of hydrogen-bond donors (Lipinski definition) is 1. The van der Waals surface area contributed by atoms with E-state index in [0.29, 0.717) is 11.1 Å². The van der Waals surface area contributed by atoms with Gasteiger partial charge >= 0.3 is 0 Å². The maximum atomic E-state index is 6.21. The van der Waals surface area contributed by atoms with Crippen molar-refractivity contribution >= 4 is 46.1 Å². The van der Waals surface area contributed by atoms with E-state index in [0.717, 1.165) is 34.3 Å². The minimum absolute atomic E-state index is 0.420. The zero-order valence-electron chi connectivity index (χ0n) is 11.5. The Morgan fingerprint density at radius 3 is 2.86 bits per heavy atom. The van der Waals surface area contributed by atoms with Crippen LogP contribution in [0.2, 0.25) is 14.4 Å². The fourth-order valence-electron chi connectivity index (χ4n) is 2.84. The highest BCUT2D eigenvalue weighted by molar-refractivity contribution is 7.16. The van der Waals surface area contributed by atoms with Crippen molar-refractivity contribution in [2.45, 2.75) is 31.7 Å². The van der Waals surface area contributed by atoms with Crippen molar-refractivity contribution < 1.29 is 0 Å². The van der Waals surface area contributed by atoms with Crippen LogP contribution in [0.15, 0.2) is 24.3 Å². The summed E-state index contributed by atoms with van der Waals surface area (Å²) in [5.41, 5.74) is 2.52. The summed E-state index contributed by atoms with van der Waals surface area (Å²) in [4.78, 5) is 1.44. The maximum Gasteiger partial charge on any atom is 0.0934 e. The van der Waals surface area contributed by atoms with E-state index >= 15 is 0 Å². The number of fused-ring (bicyclic) bond motifs is 1. The van der Waals surface area contributed by atoms with Gasteiger partial charge in [0.1, 0.15) is 0 Å². The SMILES string of the molecule is Clc1ccc(CCNC2CCCc3sc(Cl)cc32)c(Cl)c1. The number of nitrogens with one attached hydrogen (secondary N) is 1. The Balaban J connectivity index is 1.61. The Morgan fingerprint density at radius 1 is 1.19 bits per heavy atom. The largest absolute Gasteiger partial charge is 0.310 e. The lowest BCUT2D eigenvalue weighted by Gasteiger charge is -2.23. The number of halogens is 3. The number of hydrogen-bond acceptors (Lipinski definition) is 2. The third-order valence-electron chi connectivity index (χ3n) is 3.88. The number of aryl methyl sites for hydroxylation is 1. The molecule has 0 aliphatic heterocycles. The summed E-state index contributed by atoms with van der Waals surface area (Å²) in [6, 6.07) is 8.23. The molecule has 0 saturated carbocycles. The topological polar surface area (TPSA) is 12.0 Å². The third kappa shape index (κ3) is 3.75. The summed E-state index contributed by atoms with van der Waals surface area (Å²) in [6.45, 7) is 0.902. The smallest absolute Gasteiger partial charge is 0.0934 e. The molecule has 1 aromatic heterocycles. The number of thiophene rings is 1. The molecule has 0 bridgehead atoms. The molecule has 0 amide bonds. The van der Waals surface area contributed by atoms with Gasteiger partial charge in [-0.2, -0.15) is 0 Å². The van der Waals surface area contributed by atoms with Crippen molar-refractivity contribution in [1.29, 1.82) is 0 Å². The second-order valence-electron chi connectivity index (χ2n) is 5.31. The Morgan fingerprint density at radius 2 is 2.05 bits per heavy atom. The van der Waals surface area contributed by atoms with Gasteiger partial charge in [0.25, 0.3) is 0 Å². The van der Waals surface area contributed by atoms with Gasteiger partial charge in [0.15, 0.2) is 0 Å². The minimum Gasteiger partial charge on any atom is -0.310 e. The van der Waals surface area contributed by atoms with Crippen LogP contribution in [0, 0.1) is 0 Å². The van der Waals surface area contributed by atoms with Crippen molar-refractivity contribution in [3.05, 3.63) is 54.7 Å². The van der Waals surface area contributed by atoms with Crippen LogP contribution in [0.4, 0.5) is 0 Å². The lowest BCUT2D eigenvalue weighted by Crippen LogP contribution is -2.26. The number of rotatable bonds is 4. The Kier molecular flexibility index (Phi) is 5.13. The Labute approximate surface area is 144 Å². The molecule has 0 radical (unpaired) electrons. The van der Waals surface area contributed by atoms with Crippen molar-refractivity contribution in [3.8, 4) is 0 Å². The molecule has 21 heavy (non-hydrogen) atoms. The van der Waals surface area contributed by atoms with Crippen LogP contribution < -0.4 is 5.32 Å². The van der Waals surface area contributed by atoms with Crippen LogP contribution >= 0.6 is 46.1 Å². The van der Waals surface area contributed by atoms with Gasteiger partial charge < -0.3 is 5.32 Å². The van der Waals surface area contributed by atoms with Crippen molar-refractivity contribution in [2.75, 3.05) is 6.54 Å². The second kappa shape index (κ2) is 6.89. The predicted molar refractivity (Wildman–Crippen MR) is 93.2 cm³/mol. The van der Waals surface area contributed by atoms with Crippen LogP contribution in [0.3, 0.4) is 0 Å². The van der Waals surface area contributed by atoms with E-state index in [2.05, 4.69) is 11.4 Å². The molecular formula is C16H16Cl3NS. The molecule has 1 aromatic carbocycles. The third-order valence-corrected chi connectivity index (χ3v) is 5.81. The second-order valence-corrected chi connectivity index (χ2v) is 7.93. The van der Waals surface area contributed by atoms with Gasteiger partial charge in [-0.3, -0.25) is 0 Å². The van der Waals surface area contributed by atoms with E-state index in [4.69, 9.17) is 34.8 Å². The van der Waals surface area contributed by atoms with E-state index in [1.807, 2.05) is 12.1 Å². The molecule has 1 heterocycles. The summed E-state index contributed by atoms with van der Waals surface area (Å²) in [5, 5.41) is 5.06. The highest BCUT2D eigenvalue weighted by atomic mass is 35.5. The molecule has 0 spiro atoms. The van der Waals surface area contributed by atoms with Crippen LogP contribution in [-0.2, 0) is 12.8 Å². The highest BCUT2D eigenvalue weighted by Gasteiger charge is 2.22. The quantitative estimate of drug-likeness (QED) is 0.713. The molecule has 2 aromatic rings. The average molecular weight is 361 g/mol. The molecule has 112 valence electrons. The Hall–Kier alpha value is -0.250. The maximum absolute atomic E-state index is 6.21. The van der Waals surface area contributed by atoms with Gasteiger partial charge in [-0.05, 0) is 61.6 Å². The molecule has 0 fully saturated rings. The fourth-order valence-corrected chi connectivity index (χ4v) is 4.73. The van der Waals surface area contributed by atoms with Crippen molar-refractivity contribution in [1.82, 2.24) is 5.32 Å². The fraction of sp³-hybridized carbons (Fsp3) is 0.375. The van der Waals surface area contributed by atoms with E-state index in [1.165, 1.54) is 23.3 Å². The number of benzene rings is 1.